The molecule has 0 radical (unpaired) electrons. The van der Waals surface area contributed by atoms with E-state index in [1.165, 1.54) is 10.4 Å². The van der Waals surface area contributed by atoms with Crippen LogP contribution in [0.1, 0.15) is 61.6 Å². The highest BCUT2D eigenvalue weighted by atomic mass is 32.1. The summed E-state index contributed by atoms with van der Waals surface area (Å²) in [5.74, 6) is 1.23. The van der Waals surface area contributed by atoms with Gasteiger partial charge in [-0.25, -0.2) is 0 Å². The Labute approximate surface area is 201 Å². The average Bonchev–Trinajstić information content (AvgIpc) is 3.30. The maximum atomic E-state index is 13.4. The lowest BCUT2D eigenvalue weighted by atomic mass is 10.00. The molecule has 2 amide bonds. The Morgan fingerprint density at radius 1 is 1.21 bits per heavy atom. The van der Waals surface area contributed by atoms with E-state index in [1.807, 2.05) is 24.0 Å². The molecule has 180 valence electrons. The third-order valence-corrected chi connectivity index (χ3v) is 7.12. The van der Waals surface area contributed by atoms with Crippen LogP contribution in [-0.4, -0.2) is 61.6 Å². The summed E-state index contributed by atoms with van der Waals surface area (Å²) in [6, 6.07) is 10.1. The zero-order valence-corrected chi connectivity index (χ0v) is 21.0. The van der Waals surface area contributed by atoms with Gasteiger partial charge < -0.3 is 19.3 Å². The molecular formula is C26H36N2O4S. The van der Waals surface area contributed by atoms with Gasteiger partial charge in [0.15, 0.2) is 0 Å². The standard InChI is InChI=1S/C26H36N2O4S/c1-5-25(29)27(13-6-15-31-4)17-26(30)28-14-11-24-22(12-16-33-24)23(28)18-32-21-9-7-20(8-10-21)19(2)3/h7-10,12,16,19,23H,5-6,11,13-15,17-18H2,1-4H3/t23-/m0/s1. The van der Waals surface area contributed by atoms with Gasteiger partial charge >= 0.3 is 0 Å². The zero-order chi connectivity index (χ0) is 23.8. The summed E-state index contributed by atoms with van der Waals surface area (Å²) < 4.78 is 11.3. The molecule has 2 aromatic rings. The predicted octanol–water partition coefficient (Wildman–Crippen LogP) is 4.65. The van der Waals surface area contributed by atoms with Crippen LogP contribution in [0, 0.1) is 0 Å². The van der Waals surface area contributed by atoms with Gasteiger partial charge in [0, 0.05) is 38.1 Å². The van der Waals surface area contributed by atoms with Crippen LogP contribution in [-0.2, 0) is 20.7 Å². The van der Waals surface area contributed by atoms with Crippen molar-refractivity contribution >= 4 is 23.2 Å². The number of ether oxygens (including phenoxy) is 2. The second-order valence-electron chi connectivity index (χ2n) is 8.70. The van der Waals surface area contributed by atoms with Crippen LogP contribution in [0.15, 0.2) is 35.7 Å². The normalized spacial score (nSPS) is 15.4. The fourth-order valence-electron chi connectivity index (χ4n) is 4.17. The molecular weight excluding hydrogens is 436 g/mol. The summed E-state index contributed by atoms with van der Waals surface area (Å²) >= 11 is 1.73. The number of carbonyl (C=O) groups is 2. The fourth-order valence-corrected chi connectivity index (χ4v) is 5.10. The summed E-state index contributed by atoms with van der Waals surface area (Å²) in [5.41, 5.74) is 2.43. The quantitative estimate of drug-likeness (QED) is 0.447. The van der Waals surface area contributed by atoms with Gasteiger partial charge in [-0.3, -0.25) is 9.59 Å². The molecule has 0 bridgehead atoms. The Bertz CT molecular complexity index is 909. The van der Waals surface area contributed by atoms with Gasteiger partial charge in [0.1, 0.15) is 12.4 Å². The summed E-state index contributed by atoms with van der Waals surface area (Å²) in [6.07, 6.45) is 1.93. The molecule has 3 rings (SSSR count). The highest BCUT2D eigenvalue weighted by Gasteiger charge is 2.33. The van der Waals surface area contributed by atoms with Gasteiger partial charge in [-0.15, -0.1) is 11.3 Å². The van der Waals surface area contributed by atoms with Crippen molar-refractivity contribution in [1.82, 2.24) is 9.80 Å². The maximum Gasteiger partial charge on any atom is 0.242 e. The first-order valence-corrected chi connectivity index (χ1v) is 12.7. The minimum Gasteiger partial charge on any atom is -0.491 e. The number of thiophene rings is 1. The SMILES string of the molecule is CCC(=O)N(CCCOC)CC(=O)N1CCc2sccc2[C@@H]1COc1ccc(C(C)C)cc1. The van der Waals surface area contributed by atoms with Crippen LogP contribution in [0.5, 0.6) is 5.75 Å². The van der Waals surface area contributed by atoms with Crippen LogP contribution in [0.2, 0.25) is 0 Å². The minimum absolute atomic E-state index is 0.00859. The van der Waals surface area contributed by atoms with Crippen molar-refractivity contribution in [2.45, 2.75) is 52.0 Å². The number of rotatable bonds is 11. The van der Waals surface area contributed by atoms with Crippen LogP contribution in [0.25, 0.3) is 0 Å². The Morgan fingerprint density at radius 2 is 1.97 bits per heavy atom. The third-order valence-electron chi connectivity index (χ3n) is 6.13. The number of benzene rings is 1. The summed E-state index contributed by atoms with van der Waals surface area (Å²) in [7, 11) is 1.64. The van der Waals surface area contributed by atoms with Crippen molar-refractivity contribution in [3.05, 3.63) is 51.7 Å². The van der Waals surface area contributed by atoms with Crippen molar-refractivity contribution in [3.8, 4) is 5.75 Å². The van der Waals surface area contributed by atoms with E-state index in [0.29, 0.717) is 45.1 Å². The number of hydrogen-bond donors (Lipinski definition) is 0. The predicted molar refractivity (Wildman–Crippen MR) is 132 cm³/mol. The van der Waals surface area contributed by atoms with Crippen molar-refractivity contribution in [1.29, 1.82) is 0 Å². The van der Waals surface area contributed by atoms with Crippen LogP contribution < -0.4 is 4.74 Å². The highest BCUT2D eigenvalue weighted by Crippen LogP contribution is 2.34. The van der Waals surface area contributed by atoms with Crippen LogP contribution >= 0.6 is 11.3 Å². The van der Waals surface area contributed by atoms with Crippen molar-refractivity contribution < 1.29 is 19.1 Å². The first-order chi connectivity index (χ1) is 15.9. The Balaban J connectivity index is 1.72. The second kappa shape index (κ2) is 12.2. The number of methoxy groups -OCH3 is 1. The molecule has 1 aliphatic rings. The molecule has 0 N–H and O–H groups in total. The highest BCUT2D eigenvalue weighted by molar-refractivity contribution is 7.10. The second-order valence-corrected chi connectivity index (χ2v) is 9.70. The number of fused-ring (bicyclic) bond motifs is 1. The molecule has 6 nitrogen and oxygen atoms in total. The number of nitrogens with zero attached hydrogens (tertiary/aromatic N) is 2. The lowest BCUT2D eigenvalue weighted by Crippen LogP contribution is -2.48. The molecule has 0 saturated heterocycles. The zero-order valence-electron chi connectivity index (χ0n) is 20.2. The minimum atomic E-state index is -0.158. The Kier molecular flexibility index (Phi) is 9.32. The molecule has 0 aliphatic carbocycles. The van der Waals surface area contributed by atoms with Gasteiger partial charge in [-0.2, -0.15) is 0 Å². The van der Waals surface area contributed by atoms with E-state index in [1.54, 1.807) is 23.3 Å². The van der Waals surface area contributed by atoms with Gasteiger partial charge in [-0.1, -0.05) is 32.9 Å². The number of hydrogen-bond acceptors (Lipinski definition) is 5. The first kappa shape index (κ1) is 25.2. The molecule has 0 spiro atoms. The van der Waals surface area contributed by atoms with E-state index >= 15 is 0 Å². The average molecular weight is 473 g/mol. The van der Waals surface area contributed by atoms with Gasteiger partial charge in [0.2, 0.25) is 11.8 Å². The molecule has 0 fully saturated rings. The molecule has 1 aliphatic heterocycles. The van der Waals surface area contributed by atoms with Gasteiger partial charge in [0.25, 0.3) is 0 Å². The lowest BCUT2D eigenvalue weighted by molar-refractivity contribution is -0.142. The van der Waals surface area contributed by atoms with Gasteiger partial charge in [-0.05, 0) is 53.5 Å². The fraction of sp³-hybridized carbons (Fsp3) is 0.538. The molecule has 0 saturated carbocycles. The summed E-state index contributed by atoms with van der Waals surface area (Å²) in [6.45, 7) is 8.37. The molecule has 1 aromatic carbocycles. The summed E-state index contributed by atoms with van der Waals surface area (Å²) in [4.78, 5) is 30.7. The van der Waals surface area contributed by atoms with Crippen molar-refractivity contribution in [2.75, 3.05) is 40.0 Å². The smallest absolute Gasteiger partial charge is 0.242 e. The van der Waals surface area contributed by atoms with Crippen molar-refractivity contribution in [2.24, 2.45) is 0 Å². The largest absolute Gasteiger partial charge is 0.491 e. The van der Waals surface area contributed by atoms with Crippen LogP contribution in [0.4, 0.5) is 0 Å². The topological polar surface area (TPSA) is 59.1 Å². The van der Waals surface area contributed by atoms with E-state index in [-0.39, 0.29) is 24.4 Å². The van der Waals surface area contributed by atoms with E-state index in [0.717, 1.165) is 17.7 Å². The molecule has 1 atom stereocenters. The number of carbonyl (C=O) groups excluding carboxylic acids is 2. The van der Waals surface area contributed by atoms with E-state index < -0.39 is 0 Å². The molecule has 2 heterocycles. The van der Waals surface area contributed by atoms with Crippen molar-refractivity contribution in [3.63, 3.8) is 0 Å². The molecule has 33 heavy (non-hydrogen) atoms. The molecule has 7 heteroatoms. The number of amides is 2. The van der Waals surface area contributed by atoms with E-state index in [2.05, 4.69) is 37.4 Å². The Morgan fingerprint density at radius 3 is 2.64 bits per heavy atom. The Hall–Kier alpha value is -2.38. The van der Waals surface area contributed by atoms with Gasteiger partial charge in [0.05, 0.1) is 12.6 Å². The van der Waals surface area contributed by atoms with E-state index in [9.17, 15) is 9.59 Å². The molecule has 0 unspecified atom stereocenters. The summed E-state index contributed by atoms with van der Waals surface area (Å²) in [5, 5.41) is 2.08. The van der Waals surface area contributed by atoms with Crippen LogP contribution in [0.3, 0.4) is 0 Å². The molecule has 1 aromatic heterocycles. The third kappa shape index (κ3) is 6.58. The first-order valence-electron chi connectivity index (χ1n) is 11.8. The monoisotopic (exact) mass is 472 g/mol. The van der Waals surface area contributed by atoms with E-state index in [4.69, 9.17) is 9.47 Å². The lowest BCUT2D eigenvalue weighted by Gasteiger charge is -2.37. The maximum absolute atomic E-state index is 13.4.